The van der Waals surface area contributed by atoms with Crippen molar-refractivity contribution in [3.05, 3.63) is 28.2 Å². The number of carboxylic acids is 1. The third-order valence-electron chi connectivity index (χ3n) is 4.03. The minimum atomic E-state index is -1.10. The number of anilines is 1. The molecule has 2 atom stereocenters. The van der Waals surface area contributed by atoms with Gasteiger partial charge in [-0.05, 0) is 47.0 Å². The topological polar surface area (TPSA) is 74.7 Å². The first kappa shape index (κ1) is 13.3. The molecule has 2 amide bonds. The quantitative estimate of drug-likeness (QED) is 0.841. The predicted octanol–water partition coefficient (Wildman–Crippen LogP) is 2.44. The fourth-order valence-electron chi connectivity index (χ4n) is 3.06. The zero-order valence-corrected chi connectivity index (χ0v) is 12.1. The Hall–Kier alpha value is -1.69. The molecule has 1 aliphatic heterocycles. The number of aromatic carboxylic acids is 1. The molecule has 5 nitrogen and oxygen atoms in total. The highest BCUT2D eigenvalue weighted by Gasteiger charge is 2.50. The molecule has 6 heteroatoms. The molecule has 2 fully saturated rings. The lowest BCUT2D eigenvalue weighted by Gasteiger charge is -2.16. The van der Waals surface area contributed by atoms with Gasteiger partial charge in [-0.1, -0.05) is 6.42 Å². The van der Waals surface area contributed by atoms with E-state index >= 15 is 0 Å². The summed E-state index contributed by atoms with van der Waals surface area (Å²) in [7, 11) is 0. The molecule has 0 bridgehead atoms. The van der Waals surface area contributed by atoms with Crippen molar-refractivity contribution >= 4 is 39.4 Å². The van der Waals surface area contributed by atoms with Crippen LogP contribution < -0.4 is 4.90 Å². The van der Waals surface area contributed by atoms with Crippen LogP contribution >= 0.6 is 15.9 Å². The molecule has 1 heterocycles. The van der Waals surface area contributed by atoms with E-state index in [1.54, 1.807) is 12.1 Å². The van der Waals surface area contributed by atoms with Gasteiger partial charge in [0.05, 0.1) is 23.1 Å². The lowest BCUT2D eigenvalue weighted by molar-refractivity contribution is -0.122. The summed E-state index contributed by atoms with van der Waals surface area (Å²) in [4.78, 5) is 36.9. The molecule has 1 N–H and O–H groups in total. The van der Waals surface area contributed by atoms with Crippen LogP contribution in [0.25, 0.3) is 0 Å². The van der Waals surface area contributed by atoms with Crippen molar-refractivity contribution in [1.29, 1.82) is 0 Å². The first-order valence-electron chi connectivity index (χ1n) is 6.41. The number of carboxylic acid groups (broad SMARTS) is 1. The van der Waals surface area contributed by atoms with Crippen molar-refractivity contribution in [3.63, 3.8) is 0 Å². The van der Waals surface area contributed by atoms with Gasteiger partial charge in [0, 0.05) is 4.47 Å². The monoisotopic (exact) mass is 337 g/mol. The minimum absolute atomic E-state index is 0.0418. The van der Waals surface area contributed by atoms with E-state index in [4.69, 9.17) is 5.11 Å². The van der Waals surface area contributed by atoms with Crippen LogP contribution in [0, 0.1) is 11.8 Å². The Morgan fingerprint density at radius 3 is 2.35 bits per heavy atom. The van der Waals surface area contributed by atoms with Gasteiger partial charge in [0.25, 0.3) is 0 Å². The number of carbonyl (C=O) groups excluding carboxylic acids is 2. The van der Waals surface area contributed by atoms with Crippen molar-refractivity contribution in [1.82, 2.24) is 0 Å². The first-order valence-corrected chi connectivity index (χ1v) is 7.20. The molecule has 1 aromatic carbocycles. The van der Waals surface area contributed by atoms with E-state index < -0.39 is 5.97 Å². The molecule has 104 valence electrons. The molecule has 2 unspecified atom stereocenters. The van der Waals surface area contributed by atoms with Gasteiger partial charge in [0.2, 0.25) is 11.8 Å². The van der Waals surface area contributed by atoms with E-state index in [1.807, 2.05) is 0 Å². The first-order chi connectivity index (χ1) is 9.50. The van der Waals surface area contributed by atoms with Crippen LogP contribution in [0.4, 0.5) is 5.69 Å². The molecular weight excluding hydrogens is 326 g/mol. The van der Waals surface area contributed by atoms with Crippen LogP contribution in [-0.2, 0) is 9.59 Å². The average Bonchev–Trinajstić information content (AvgIpc) is 2.96. The second kappa shape index (κ2) is 4.70. The Balaban J connectivity index is 2.01. The Labute approximate surface area is 123 Å². The van der Waals surface area contributed by atoms with Crippen LogP contribution in [-0.4, -0.2) is 22.9 Å². The van der Waals surface area contributed by atoms with Gasteiger partial charge < -0.3 is 5.11 Å². The molecule has 1 saturated carbocycles. The molecule has 3 rings (SSSR count). The number of benzene rings is 1. The number of carbonyl (C=O) groups is 3. The molecule has 1 aliphatic carbocycles. The summed E-state index contributed by atoms with van der Waals surface area (Å²) in [6.07, 6.45) is 2.39. The van der Waals surface area contributed by atoms with Gasteiger partial charge in [0.15, 0.2) is 0 Å². The summed E-state index contributed by atoms with van der Waals surface area (Å²) in [5.41, 5.74) is 0.384. The number of rotatable bonds is 2. The maximum Gasteiger partial charge on any atom is 0.336 e. The van der Waals surface area contributed by atoms with Gasteiger partial charge in [-0.2, -0.15) is 0 Å². The lowest BCUT2D eigenvalue weighted by atomic mass is 10.00. The SMILES string of the molecule is O=C(O)c1cc(N2C(=O)C3CCCC3C2=O)ccc1Br. The van der Waals surface area contributed by atoms with E-state index in [0.29, 0.717) is 10.2 Å². The van der Waals surface area contributed by atoms with Crippen molar-refractivity contribution in [2.45, 2.75) is 19.3 Å². The predicted molar refractivity (Wildman–Crippen MR) is 74.4 cm³/mol. The highest BCUT2D eigenvalue weighted by Crippen LogP contribution is 2.42. The van der Waals surface area contributed by atoms with Gasteiger partial charge in [-0.3, -0.25) is 14.5 Å². The summed E-state index contributed by atoms with van der Waals surface area (Å²) >= 11 is 3.15. The number of halogens is 1. The summed E-state index contributed by atoms with van der Waals surface area (Å²) in [6, 6.07) is 4.50. The second-order valence-corrected chi connectivity index (χ2v) is 5.98. The third-order valence-corrected chi connectivity index (χ3v) is 4.72. The van der Waals surface area contributed by atoms with E-state index in [0.717, 1.165) is 24.2 Å². The van der Waals surface area contributed by atoms with E-state index in [9.17, 15) is 14.4 Å². The zero-order valence-electron chi connectivity index (χ0n) is 10.5. The standard InChI is InChI=1S/C14H12BrNO4/c15-11-5-4-7(6-10(11)14(19)20)16-12(17)8-2-1-3-9(8)13(16)18/h4-6,8-9H,1-3H2,(H,19,20). The Morgan fingerprint density at radius 2 is 1.80 bits per heavy atom. The number of nitrogens with zero attached hydrogens (tertiary/aromatic N) is 1. The zero-order chi connectivity index (χ0) is 14.4. The smallest absolute Gasteiger partial charge is 0.336 e. The highest BCUT2D eigenvalue weighted by molar-refractivity contribution is 9.10. The maximum atomic E-state index is 12.3. The van der Waals surface area contributed by atoms with Crippen LogP contribution in [0.5, 0.6) is 0 Å². The summed E-state index contributed by atoms with van der Waals surface area (Å²) in [6.45, 7) is 0. The Morgan fingerprint density at radius 1 is 1.20 bits per heavy atom. The Kier molecular flexibility index (Phi) is 3.12. The molecule has 2 aliphatic rings. The molecule has 0 spiro atoms. The van der Waals surface area contributed by atoms with Crippen LogP contribution in [0.1, 0.15) is 29.6 Å². The largest absolute Gasteiger partial charge is 0.478 e. The molecule has 0 aromatic heterocycles. The highest BCUT2D eigenvalue weighted by atomic mass is 79.9. The number of hydrogen-bond donors (Lipinski definition) is 1. The Bertz CT molecular complexity index is 606. The molecule has 20 heavy (non-hydrogen) atoms. The normalized spacial score (nSPS) is 25.1. The van der Waals surface area contributed by atoms with Crippen LogP contribution in [0.2, 0.25) is 0 Å². The molecule has 1 saturated heterocycles. The third kappa shape index (κ3) is 1.86. The number of amides is 2. The van der Waals surface area contributed by atoms with E-state index in [2.05, 4.69) is 15.9 Å². The minimum Gasteiger partial charge on any atom is -0.478 e. The summed E-state index contributed by atoms with van der Waals surface area (Å²) in [5.74, 6) is -1.94. The van der Waals surface area contributed by atoms with E-state index in [1.165, 1.54) is 6.07 Å². The van der Waals surface area contributed by atoms with Crippen LogP contribution in [0.3, 0.4) is 0 Å². The van der Waals surface area contributed by atoms with Gasteiger partial charge in [-0.25, -0.2) is 4.79 Å². The van der Waals surface area contributed by atoms with Gasteiger partial charge in [0.1, 0.15) is 0 Å². The number of fused-ring (bicyclic) bond motifs is 1. The number of imide groups is 1. The van der Waals surface area contributed by atoms with E-state index in [-0.39, 0.29) is 29.2 Å². The molecule has 1 aromatic rings. The van der Waals surface area contributed by atoms with Gasteiger partial charge >= 0.3 is 5.97 Å². The maximum absolute atomic E-state index is 12.3. The molecular formula is C14H12BrNO4. The average molecular weight is 338 g/mol. The van der Waals surface area contributed by atoms with Crippen molar-refractivity contribution in [2.24, 2.45) is 11.8 Å². The van der Waals surface area contributed by atoms with Crippen molar-refractivity contribution in [2.75, 3.05) is 4.90 Å². The van der Waals surface area contributed by atoms with Crippen LogP contribution in [0.15, 0.2) is 22.7 Å². The summed E-state index contributed by atoms with van der Waals surface area (Å²) in [5, 5.41) is 9.11. The summed E-state index contributed by atoms with van der Waals surface area (Å²) < 4.78 is 0.424. The van der Waals surface area contributed by atoms with Crippen molar-refractivity contribution in [3.8, 4) is 0 Å². The fourth-order valence-corrected chi connectivity index (χ4v) is 3.48. The lowest BCUT2D eigenvalue weighted by Crippen LogP contribution is -2.31. The molecule has 0 radical (unpaired) electrons. The number of hydrogen-bond acceptors (Lipinski definition) is 3. The van der Waals surface area contributed by atoms with Crippen molar-refractivity contribution < 1.29 is 19.5 Å². The van der Waals surface area contributed by atoms with Gasteiger partial charge in [-0.15, -0.1) is 0 Å². The fraction of sp³-hybridized carbons (Fsp3) is 0.357. The second-order valence-electron chi connectivity index (χ2n) is 5.13.